The zero-order valence-corrected chi connectivity index (χ0v) is 16.8. The molecule has 7 nitrogen and oxygen atoms in total. The molecule has 2 aromatic heterocycles. The molecule has 0 fully saturated rings. The molecular formula is C24H19N3O4. The van der Waals surface area contributed by atoms with Crippen LogP contribution in [0, 0.1) is 11.3 Å². The number of aromatic nitrogens is 1. The van der Waals surface area contributed by atoms with Gasteiger partial charge in [-0.25, -0.2) is 9.78 Å². The molecule has 4 rings (SSSR count). The van der Waals surface area contributed by atoms with Crippen LogP contribution < -0.4 is 5.73 Å². The smallest absolute Gasteiger partial charge is 0.339 e. The third kappa shape index (κ3) is 3.83. The van der Waals surface area contributed by atoms with Crippen molar-refractivity contribution < 1.29 is 18.7 Å². The summed E-state index contributed by atoms with van der Waals surface area (Å²) in [6, 6.07) is 12.7. The number of carbonyl (C=O) groups is 2. The summed E-state index contributed by atoms with van der Waals surface area (Å²) in [5, 5.41) is 9.74. The first-order chi connectivity index (χ1) is 15.0. The van der Waals surface area contributed by atoms with Crippen molar-refractivity contribution in [3.8, 4) is 6.07 Å². The Morgan fingerprint density at radius 3 is 2.77 bits per heavy atom. The van der Waals surface area contributed by atoms with E-state index in [0.29, 0.717) is 35.1 Å². The monoisotopic (exact) mass is 413 g/mol. The number of nitrogens with two attached hydrogens (primary N) is 1. The van der Waals surface area contributed by atoms with Crippen molar-refractivity contribution in [2.75, 3.05) is 6.61 Å². The summed E-state index contributed by atoms with van der Waals surface area (Å²) in [4.78, 5) is 30.0. The Morgan fingerprint density at radius 1 is 1.26 bits per heavy atom. The Labute approximate surface area is 178 Å². The van der Waals surface area contributed by atoms with Gasteiger partial charge in [0.05, 0.1) is 23.0 Å². The number of para-hydroxylation sites is 1. The molecule has 0 saturated heterocycles. The number of hydrogen-bond acceptors (Lipinski definition) is 7. The van der Waals surface area contributed by atoms with Crippen LogP contribution in [0.25, 0.3) is 22.6 Å². The number of nitrogens with zero attached hydrogens (tertiary/aromatic N) is 2. The molecule has 2 N–H and O–H groups in total. The first-order valence-corrected chi connectivity index (χ1v) is 9.72. The number of esters is 1. The van der Waals surface area contributed by atoms with Gasteiger partial charge in [0.25, 0.3) is 0 Å². The quantitative estimate of drug-likeness (QED) is 0.384. The third-order valence-electron chi connectivity index (χ3n) is 5.12. The molecule has 3 aromatic rings. The van der Waals surface area contributed by atoms with E-state index >= 15 is 0 Å². The number of fused-ring (bicyclic) bond motifs is 2. The lowest BCUT2D eigenvalue weighted by Crippen LogP contribution is -2.19. The Morgan fingerprint density at radius 2 is 2.06 bits per heavy atom. The molecule has 0 spiro atoms. The summed E-state index contributed by atoms with van der Waals surface area (Å²) >= 11 is 0. The van der Waals surface area contributed by atoms with E-state index in [9.17, 15) is 9.59 Å². The van der Waals surface area contributed by atoms with Crippen LogP contribution in [-0.4, -0.2) is 23.3 Å². The van der Waals surface area contributed by atoms with Crippen molar-refractivity contribution in [2.45, 2.75) is 19.8 Å². The minimum Gasteiger partial charge on any atom is -0.465 e. The van der Waals surface area contributed by atoms with Gasteiger partial charge in [-0.05, 0) is 55.2 Å². The molecule has 0 unspecified atom stereocenters. The van der Waals surface area contributed by atoms with Gasteiger partial charge in [-0.3, -0.25) is 4.79 Å². The highest BCUT2D eigenvalue weighted by molar-refractivity contribution is 6.08. The minimum absolute atomic E-state index is 0.0894. The van der Waals surface area contributed by atoms with E-state index in [1.807, 2.05) is 36.4 Å². The number of furan rings is 1. The van der Waals surface area contributed by atoms with Crippen LogP contribution in [0.2, 0.25) is 0 Å². The molecule has 1 aliphatic rings. The molecule has 2 heterocycles. The van der Waals surface area contributed by atoms with Gasteiger partial charge in [0.15, 0.2) is 6.61 Å². The maximum Gasteiger partial charge on any atom is 0.339 e. The molecule has 0 saturated carbocycles. The normalized spacial score (nSPS) is 14.8. The van der Waals surface area contributed by atoms with Gasteiger partial charge < -0.3 is 14.9 Å². The fraction of sp³-hybridized carbons (Fsp3) is 0.167. The second kappa shape index (κ2) is 8.28. The summed E-state index contributed by atoms with van der Waals surface area (Å²) in [6.07, 6.45) is 4.83. The van der Waals surface area contributed by atoms with Crippen LogP contribution in [0.5, 0.6) is 0 Å². The fourth-order valence-corrected chi connectivity index (χ4v) is 3.70. The predicted octanol–water partition coefficient (Wildman–Crippen LogP) is 3.80. The lowest BCUT2D eigenvalue weighted by Gasteiger charge is -2.12. The summed E-state index contributed by atoms with van der Waals surface area (Å²) < 4.78 is 10.7. The van der Waals surface area contributed by atoms with Crippen LogP contribution >= 0.6 is 0 Å². The number of Topliss-reactive ketones (excluding diaryl/α,β-unsaturated/α-hetero) is 1. The standard InChI is InChI=1S/C24H19N3O4/c1-14(26)19(12-25)21(28)13-31-24(29)22-17-6-2-3-7-20(17)27-23-15(8-9-18(22)23)11-16-5-4-10-30-16/h2-7,10-11H,8-9,13,26H2,1H3/b15-11+,19-14+. The number of ketones is 1. The number of hydrogen-bond donors (Lipinski definition) is 1. The number of carbonyl (C=O) groups excluding carboxylic acids is 2. The van der Waals surface area contributed by atoms with E-state index in [4.69, 9.17) is 25.1 Å². The van der Waals surface area contributed by atoms with Gasteiger partial charge in [0.2, 0.25) is 5.78 Å². The molecule has 7 heteroatoms. The lowest BCUT2D eigenvalue weighted by molar-refractivity contribution is -0.118. The topological polar surface area (TPSA) is 119 Å². The summed E-state index contributed by atoms with van der Waals surface area (Å²) in [5.74, 6) is -0.556. The van der Waals surface area contributed by atoms with Crippen LogP contribution in [0.15, 0.2) is 58.3 Å². The molecule has 31 heavy (non-hydrogen) atoms. The SMILES string of the molecule is C/C(N)=C(/C#N)C(=O)COC(=O)c1c2c(nc3ccccc13)/C(=C/c1ccco1)CC2. The van der Waals surface area contributed by atoms with Crippen molar-refractivity contribution in [3.05, 3.63) is 76.5 Å². The number of nitriles is 1. The second-order valence-electron chi connectivity index (χ2n) is 7.19. The summed E-state index contributed by atoms with van der Waals surface area (Å²) in [5.41, 5.74) is 8.96. The average molecular weight is 413 g/mol. The van der Waals surface area contributed by atoms with Gasteiger partial charge in [0, 0.05) is 11.1 Å². The maximum absolute atomic E-state index is 13.1. The van der Waals surface area contributed by atoms with Crippen LogP contribution in [-0.2, 0) is 16.0 Å². The predicted molar refractivity (Wildman–Crippen MR) is 114 cm³/mol. The molecule has 1 aromatic carbocycles. The Bertz CT molecular complexity index is 1290. The Kier molecular flexibility index (Phi) is 5.37. The highest BCUT2D eigenvalue weighted by Gasteiger charge is 2.28. The highest BCUT2D eigenvalue weighted by Crippen LogP contribution is 2.37. The molecule has 0 atom stereocenters. The number of allylic oxidation sites excluding steroid dienone is 2. The molecule has 0 amide bonds. The van der Waals surface area contributed by atoms with E-state index in [1.54, 1.807) is 18.4 Å². The van der Waals surface area contributed by atoms with E-state index in [1.165, 1.54) is 6.92 Å². The average Bonchev–Trinajstić information content (AvgIpc) is 3.41. The molecule has 0 aliphatic heterocycles. The second-order valence-corrected chi connectivity index (χ2v) is 7.19. The zero-order valence-electron chi connectivity index (χ0n) is 16.8. The molecule has 154 valence electrons. The van der Waals surface area contributed by atoms with Crippen molar-refractivity contribution in [1.82, 2.24) is 4.98 Å². The van der Waals surface area contributed by atoms with Gasteiger partial charge in [0.1, 0.15) is 17.4 Å². The van der Waals surface area contributed by atoms with Crippen molar-refractivity contribution in [2.24, 2.45) is 5.73 Å². The van der Waals surface area contributed by atoms with E-state index in [2.05, 4.69) is 0 Å². The fourth-order valence-electron chi connectivity index (χ4n) is 3.70. The third-order valence-corrected chi connectivity index (χ3v) is 5.12. The first-order valence-electron chi connectivity index (χ1n) is 9.72. The van der Waals surface area contributed by atoms with Gasteiger partial charge >= 0.3 is 5.97 Å². The maximum atomic E-state index is 13.1. The summed E-state index contributed by atoms with van der Waals surface area (Å²) in [6.45, 7) is 0.894. The molecule has 0 bridgehead atoms. The lowest BCUT2D eigenvalue weighted by atomic mass is 10.0. The Hall–Kier alpha value is -4.18. The van der Waals surface area contributed by atoms with Crippen LogP contribution in [0.1, 0.15) is 40.7 Å². The summed E-state index contributed by atoms with van der Waals surface area (Å²) in [7, 11) is 0. The minimum atomic E-state index is -0.635. The Balaban J connectivity index is 1.73. The van der Waals surface area contributed by atoms with E-state index in [-0.39, 0.29) is 11.3 Å². The van der Waals surface area contributed by atoms with Gasteiger partial charge in [-0.15, -0.1) is 0 Å². The molecule has 0 radical (unpaired) electrons. The largest absolute Gasteiger partial charge is 0.465 e. The number of pyridine rings is 1. The van der Waals surface area contributed by atoms with Gasteiger partial charge in [-0.2, -0.15) is 5.26 Å². The first kappa shape index (κ1) is 20.1. The number of rotatable bonds is 5. The highest BCUT2D eigenvalue weighted by atomic mass is 16.5. The van der Waals surface area contributed by atoms with Crippen LogP contribution in [0.4, 0.5) is 0 Å². The van der Waals surface area contributed by atoms with E-state index < -0.39 is 18.4 Å². The van der Waals surface area contributed by atoms with Crippen molar-refractivity contribution in [1.29, 1.82) is 5.26 Å². The molecular weight excluding hydrogens is 394 g/mol. The van der Waals surface area contributed by atoms with Gasteiger partial charge in [-0.1, -0.05) is 18.2 Å². The number of benzene rings is 1. The van der Waals surface area contributed by atoms with Crippen molar-refractivity contribution >= 4 is 34.3 Å². The van der Waals surface area contributed by atoms with Crippen LogP contribution in [0.3, 0.4) is 0 Å². The van der Waals surface area contributed by atoms with Crippen molar-refractivity contribution in [3.63, 3.8) is 0 Å². The van der Waals surface area contributed by atoms with E-state index in [0.717, 1.165) is 16.8 Å². The zero-order chi connectivity index (χ0) is 22.0. The number of ether oxygens (including phenoxy) is 1. The molecule has 1 aliphatic carbocycles.